The van der Waals surface area contributed by atoms with Crippen molar-refractivity contribution in [3.05, 3.63) is 206 Å². The lowest BCUT2D eigenvalue weighted by Crippen LogP contribution is -1.97. The van der Waals surface area contributed by atoms with Crippen molar-refractivity contribution in [2.24, 2.45) is 0 Å². The van der Waals surface area contributed by atoms with Gasteiger partial charge in [-0.1, -0.05) is 146 Å². The van der Waals surface area contributed by atoms with E-state index >= 15 is 0 Å². The molecule has 0 aliphatic heterocycles. The molecule has 0 aliphatic rings. The highest BCUT2D eigenvalue weighted by atomic mass is 16.3. The third-order valence-electron chi connectivity index (χ3n) is 11.7. The number of hydrogen-bond donors (Lipinski definition) is 0. The molecule has 0 atom stereocenters. The molecule has 9 aromatic carbocycles. The van der Waals surface area contributed by atoms with Crippen LogP contribution in [0.2, 0.25) is 0 Å². The Morgan fingerprint density at radius 3 is 1.65 bits per heavy atom. The minimum Gasteiger partial charge on any atom is -0.456 e. The van der Waals surface area contributed by atoms with Crippen LogP contribution in [0, 0.1) is 0 Å². The van der Waals surface area contributed by atoms with E-state index < -0.39 is 0 Å². The van der Waals surface area contributed by atoms with Gasteiger partial charge in [0.05, 0.1) is 27.8 Å². The summed E-state index contributed by atoms with van der Waals surface area (Å²) in [6.07, 6.45) is 0. The van der Waals surface area contributed by atoms with Crippen LogP contribution in [0.1, 0.15) is 0 Å². The summed E-state index contributed by atoms with van der Waals surface area (Å²) in [7, 11) is 0. The number of rotatable bonds is 5. The molecule has 3 heterocycles. The second kappa shape index (κ2) is 12.5. The maximum atomic E-state index is 6.42. The first kappa shape index (κ1) is 31.7. The fourth-order valence-corrected chi connectivity index (χ4v) is 9.16. The number of nitrogens with zero attached hydrogens (tertiary/aromatic N) is 2. The van der Waals surface area contributed by atoms with Gasteiger partial charge in [-0.05, 0) is 76.9 Å². The highest BCUT2D eigenvalue weighted by Crippen LogP contribution is 2.42. The Balaban J connectivity index is 1.07. The Morgan fingerprint density at radius 1 is 0.298 bits per heavy atom. The molecule has 12 aromatic rings. The van der Waals surface area contributed by atoms with Crippen LogP contribution < -0.4 is 0 Å². The lowest BCUT2D eigenvalue weighted by molar-refractivity contribution is 0.668. The molecule has 0 saturated carbocycles. The van der Waals surface area contributed by atoms with E-state index in [1.807, 2.05) is 12.1 Å². The first-order valence-corrected chi connectivity index (χ1v) is 19.5. The number of aromatic nitrogens is 2. The van der Waals surface area contributed by atoms with Crippen LogP contribution in [0.4, 0.5) is 0 Å². The highest BCUT2D eigenvalue weighted by Gasteiger charge is 2.20. The van der Waals surface area contributed by atoms with Crippen molar-refractivity contribution in [1.82, 2.24) is 9.13 Å². The van der Waals surface area contributed by atoms with E-state index in [0.29, 0.717) is 0 Å². The zero-order chi connectivity index (χ0) is 37.5. The molecule has 0 amide bonds. The molecule has 0 radical (unpaired) electrons. The van der Waals surface area contributed by atoms with Crippen LogP contribution in [-0.2, 0) is 0 Å². The summed E-state index contributed by atoms with van der Waals surface area (Å²) in [4.78, 5) is 0. The van der Waals surface area contributed by atoms with Crippen molar-refractivity contribution >= 4 is 65.6 Å². The molecular weight excluding hydrogens is 693 g/mol. The van der Waals surface area contributed by atoms with Crippen molar-refractivity contribution in [3.8, 4) is 44.8 Å². The molecule has 57 heavy (non-hydrogen) atoms. The Hall–Kier alpha value is -7.62. The highest BCUT2D eigenvalue weighted by molar-refractivity contribution is 6.16. The van der Waals surface area contributed by atoms with Gasteiger partial charge in [0, 0.05) is 55.2 Å². The van der Waals surface area contributed by atoms with Crippen LogP contribution in [0.3, 0.4) is 0 Å². The van der Waals surface area contributed by atoms with E-state index in [9.17, 15) is 0 Å². The minimum absolute atomic E-state index is 0.886. The third-order valence-corrected chi connectivity index (χ3v) is 11.7. The maximum Gasteiger partial charge on any atom is 0.137 e. The summed E-state index contributed by atoms with van der Waals surface area (Å²) in [6.45, 7) is 0. The van der Waals surface area contributed by atoms with Crippen LogP contribution in [-0.4, -0.2) is 9.13 Å². The molecule has 0 spiro atoms. The number of benzene rings is 9. The molecule has 266 valence electrons. The summed E-state index contributed by atoms with van der Waals surface area (Å²) in [5, 5.41) is 7.16. The molecule has 0 aliphatic carbocycles. The summed E-state index contributed by atoms with van der Waals surface area (Å²) in [6, 6.07) is 74.5. The van der Waals surface area contributed by atoms with Gasteiger partial charge in [-0.15, -0.1) is 0 Å². The summed E-state index contributed by atoms with van der Waals surface area (Å²) >= 11 is 0. The largest absolute Gasteiger partial charge is 0.456 e. The Kier molecular flexibility index (Phi) is 6.93. The van der Waals surface area contributed by atoms with Gasteiger partial charge < -0.3 is 13.6 Å². The molecule has 0 N–H and O–H groups in total. The van der Waals surface area contributed by atoms with Crippen LogP contribution in [0.5, 0.6) is 0 Å². The number of furan rings is 1. The second-order valence-corrected chi connectivity index (χ2v) is 14.9. The topological polar surface area (TPSA) is 23.0 Å². The summed E-state index contributed by atoms with van der Waals surface area (Å²) in [5.41, 5.74) is 15.9. The van der Waals surface area contributed by atoms with Crippen LogP contribution >= 0.6 is 0 Å². The summed E-state index contributed by atoms with van der Waals surface area (Å²) in [5.74, 6) is 0. The van der Waals surface area contributed by atoms with Gasteiger partial charge in [0.1, 0.15) is 11.2 Å². The van der Waals surface area contributed by atoms with Crippen molar-refractivity contribution < 1.29 is 4.42 Å². The van der Waals surface area contributed by atoms with Gasteiger partial charge in [-0.3, -0.25) is 0 Å². The van der Waals surface area contributed by atoms with Crippen molar-refractivity contribution in [2.75, 3.05) is 0 Å². The minimum atomic E-state index is 0.886. The first-order valence-electron chi connectivity index (χ1n) is 19.5. The molecule has 0 bridgehead atoms. The lowest BCUT2D eigenvalue weighted by atomic mass is 9.99. The Labute approximate surface area is 328 Å². The van der Waals surface area contributed by atoms with E-state index in [-0.39, 0.29) is 0 Å². The Bertz CT molecular complexity index is 3510. The maximum absolute atomic E-state index is 6.42. The zero-order valence-corrected chi connectivity index (χ0v) is 30.9. The van der Waals surface area contributed by atoms with E-state index in [1.54, 1.807) is 0 Å². The van der Waals surface area contributed by atoms with Crippen molar-refractivity contribution in [3.63, 3.8) is 0 Å². The molecular formula is C54H34N2O. The summed E-state index contributed by atoms with van der Waals surface area (Å²) < 4.78 is 11.3. The Morgan fingerprint density at radius 2 is 0.860 bits per heavy atom. The van der Waals surface area contributed by atoms with Crippen molar-refractivity contribution in [2.45, 2.75) is 0 Å². The molecule has 0 unspecified atom stereocenters. The van der Waals surface area contributed by atoms with E-state index in [2.05, 4.69) is 203 Å². The standard InChI is InChI=1S/C54H34N2O/c1-3-14-35(15-4-1)40-18-7-10-23-48(40)56-49-24-11-8-19-42(49)46-32-37(27-31-51(46)56)38-26-30-50-47(33-38)45-22-13-21-41(36-16-5-2-6-17-36)54(45)55(50)39-28-29-44-43-20-9-12-25-52(43)57-53(44)34-39/h1-34H. The number of hydrogen-bond acceptors (Lipinski definition) is 1. The molecule has 0 saturated heterocycles. The van der Waals surface area contributed by atoms with Gasteiger partial charge in [-0.2, -0.15) is 0 Å². The molecule has 3 heteroatoms. The molecule has 0 fully saturated rings. The fourth-order valence-electron chi connectivity index (χ4n) is 9.16. The lowest BCUT2D eigenvalue weighted by Gasteiger charge is -2.14. The van der Waals surface area contributed by atoms with Crippen LogP contribution in [0.25, 0.3) is 110 Å². The monoisotopic (exact) mass is 726 g/mol. The predicted octanol–water partition coefficient (Wildman–Crippen LogP) is 14.8. The zero-order valence-electron chi connectivity index (χ0n) is 30.9. The smallest absolute Gasteiger partial charge is 0.137 e. The number of para-hydroxylation sites is 4. The van der Waals surface area contributed by atoms with E-state index in [1.165, 1.54) is 77.2 Å². The van der Waals surface area contributed by atoms with Crippen molar-refractivity contribution in [1.29, 1.82) is 0 Å². The van der Waals surface area contributed by atoms with Gasteiger partial charge in [0.15, 0.2) is 0 Å². The average Bonchev–Trinajstić information content (AvgIpc) is 3.94. The molecule has 3 nitrogen and oxygen atoms in total. The predicted molar refractivity (Wildman–Crippen MR) is 239 cm³/mol. The van der Waals surface area contributed by atoms with E-state index in [4.69, 9.17) is 4.42 Å². The average molecular weight is 727 g/mol. The van der Waals surface area contributed by atoms with Gasteiger partial charge in [-0.25, -0.2) is 0 Å². The quantitative estimate of drug-likeness (QED) is 0.173. The third kappa shape index (κ3) is 4.86. The van der Waals surface area contributed by atoms with E-state index in [0.717, 1.165) is 33.1 Å². The normalized spacial score (nSPS) is 11.9. The van der Waals surface area contributed by atoms with Gasteiger partial charge in [0.2, 0.25) is 0 Å². The number of fused-ring (bicyclic) bond motifs is 9. The SMILES string of the molecule is c1ccc(-c2ccccc2-n2c3ccccc3c3cc(-c4ccc5c(c4)c4cccc(-c6ccccc6)c4n5-c4ccc5c(c4)oc4ccccc45)ccc32)cc1. The molecule has 12 rings (SSSR count). The van der Waals surface area contributed by atoms with Gasteiger partial charge >= 0.3 is 0 Å². The second-order valence-electron chi connectivity index (χ2n) is 14.9. The van der Waals surface area contributed by atoms with Crippen LogP contribution in [0.15, 0.2) is 211 Å². The molecule has 3 aromatic heterocycles. The van der Waals surface area contributed by atoms with Gasteiger partial charge in [0.25, 0.3) is 0 Å². The first-order chi connectivity index (χ1) is 28.3. The fraction of sp³-hybridized carbons (Fsp3) is 0.